The minimum atomic E-state index is 0.328. The number of hydrogen-bond donors (Lipinski definition) is 1. The Kier molecular flexibility index (Phi) is 14.8. The Labute approximate surface area is 101 Å². The number of hydrogen-bond acceptors (Lipinski definition) is 2. The summed E-state index contributed by atoms with van der Waals surface area (Å²) in [6, 6.07) is 0. The van der Waals surface area contributed by atoms with Crippen molar-refractivity contribution in [2.24, 2.45) is 0 Å². The molecule has 0 saturated heterocycles. The molecule has 2 heteroatoms. The summed E-state index contributed by atoms with van der Waals surface area (Å²) in [5.74, 6) is 0. The average Bonchev–Trinajstić information content (AvgIpc) is 2.31. The number of ether oxygens (including phenoxy) is 1. The van der Waals surface area contributed by atoms with Crippen LogP contribution in [0.2, 0.25) is 0 Å². The van der Waals surface area contributed by atoms with Crippen molar-refractivity contribution in [2.75, 3.05) is 19.8 Å². The Morgan fingerprint density at radius 2 is 1.19 bits per heavy atom. The van der Waals surface area contributed by atoms with Gasteiger partial charge < -0.3 is 9.84 Å². The van der Waals surface area contributed by atoms with Crippen molar-refractivity contribution in [3.63, 3.8) is 0 Å². The van der Waals surface area contributed by atoms with Gasteiger partial charge in [-0.15, -0.1) is 0 Å². The molecule has 1 radical (unpaired) electrons. The van der Waals surface area contributed by atoms with Crippen LogP contribution in [-0.4, -0.2) is 24.9 Å². The fraction of sp³-hybridized carbons (Fsp3) is 0.929. The third-order valence-electron chi connectivity index (χ3n) is 2.74. The van der Waals surface area contributed by atoms with Gasteiger partial charge in [0.1, 0.15) is 0 Å². The summed E-state index contributed by atoms with van der Waals surface area (Å²) < 4.78 is 5.55. The maximum Gasteiger partial charge on any atom is 0.0466 e. The summed E-state index contributed by atoms with van der Waals surface area (Å²) in [6.45, 7) is 5.98. The second kappa shape index (κ2) is 14.9. The standard InChI is InChI=1S/C14H29O2/c1-2-3-4-5-7-10-13-16-14-11-8-6-9-12-15/h15H,1-14H2. The molecule has 16 heavy (non-hydrogen) atoms. The van der Waals surface area contributed by atoms with Gasteiger partial charge in [0.25, 0.3) is 0 Å². The van der Waals surface area contributed by atoms with Crippen LogP contribution in [0.5, 0.6) is 0 Å². The van der Waals surface area contributed by atoms with Gasteiger partial charge in [0.2, 0.25) is 0 Å². The van der Waals surface area contributed by atoms with Crippen molar-refractivity contribution >= 4 is 0 Å². The fourth-order valence-corrected chi connectivity index (χ4v) is 1.68. The zero-order valence-electron chi connectivity index (χ0n) is 10.8. The first-order chi connectivity index (χ1) is 7.91. The third kappa shape index (κ3) is 13.9. The van der Waals surface area contributed by atoms with Crippen molar-refractivity contribution in [1.82, 2.24) is 0 Å². The minimum absolute atomic E-state index is 0.328. The molecule has 0 aromatic heterocycles. The molecule has 0 bridgehead atoms. The largest absolute Gasteiger partial charge is 0.396 e. The Bertz CT molecular complexity index is 101. The maximum atomic E-state index is 8.59. The molecule has 0 aromatic carbocycles. The molecule has 0 heterocycles. The SMILES string of the molecule is [CH2]CCCCCCCOCCCCCCO. The van der Waals surface area contributed by atoms with Gasteiger partial charge in [-0.3, -0.25) is 0 Å². The Morgan fingerprint density at radius 3 is 1.75 bits per heavy atom. The number of aliphatic hydroxyl groups excluding tert-OH is 1. The summed E-state index contributed by atoms with van der Waals surface area (Å²) in [5.41, 5.74) is 0. The smallest absolute Gasteiger partial charge is 0.0466 e. The van der Waals surface area contributed by atoms with Gasteiger partial charge in [-0.1, -0.05) is 51.9 Å². The molecular weight excluding hydrogens is 200 g/mol. The molecule has 0 spiro atoms. The van der Waals surface area contributed by atoms with Gasteiger partial charge in [-0.05, 0) is 19.3 Å². The minimum Gasteiger partial charge on any atom is -0.396 e. The van der Waals surface area contributed by atoms with Crippen molar-refractivity contribution in [2.45, 2.75) is 64.2 Å². The zero-order chi connectivity index (χ0) is 11.9. The lowest BCUT2D eigenvalue weighted by Crippen LogP contribution is -1.97. The van der Waals surface area contributed by atoms with Crippen molar-refractivity contribution in [3.8, 4) is 0 Å². The first-order valence-corrected chi connectivity index (χ1v) is 6.89. The van der Waals surface area contributed by atoms with Crippen molar-refractivity contribution in [1.29, 1.82) is 0 Å². The topological polar surface area (TPSA) is 29.5 Å². The van der Waals surface area contributed by atoms with Crippen LogP contribution in [0.3, 0.4) is 0 Å². The monoisotopic (exact) mass is 229 g/mol. The molecule has 2 nitrogen and oxygen atoms in total. The van der Waals surface area contributed by atoms with E-state index in [0.717, 1.165) is 38.9 Å². The fourth-order valence-electron chi connectivity index (χ4n) is 1.68. The van der Waals surface area contributed by atoms with Crippen LogP contribution in [0.25, 0.3) is 0 Å². The molecule has 0 aliphatic heterocycles. The van der Waals surface area contributed by atoms with E-state index in [1.165, 1.54) is 38.5 Å². The normalized spacial score (nSPS) is 10.9. The van der Waals surface area contributed by atoms with Crippen molar-refractivity contribution in [3.05, 3.63) is 6.92 Å². The van der Waals surface area contributed by atoms with E-state index in [4.69, 9.17) is 9.84 Å². The quantitative estimate of drug-likeness (QED) is 0.488. The highest BCUT2D eigenvalue weighted by atomic mass is 16.5. The average molecular weight is 229 g/mol. The Morgan fingerprint density at radius 1 is 0.688 bits per heavy atom. The molecule has 1 N–H and O–H groups in total. The van der Waals surface area contributed by atoms with E-state index < -0.39 is 0 Å². The molecule has 0 amide bonds. The third-order valence-corrected chi connectivity index (χ3v) is 2.74. The molecule has 97 valence electrons. The molecule has 0 fully saturated rings. The summed E-state index contributed by atoms with van der Waals surface area (Å²) in [4.78, 5) is 0. The van der Waals surface area contributed by atoms with Crippen LogP contribution in [0.1, 0.15) is 64.2 Å². The molecule has 0 rings (SSSR count). The highest BCUT2D eigenvalue weighted by Crippen LogP contribution is 2.05. The second-order valence-corrected chi connectivity index (χ2v) is 4.37. The van der Waals surface area contributed by atoms with Gasteiger partial charge in [-0.25, -0.2) is 0 Å². The molecule has 0 saturated carbocycles. The Balaban J connectivity index is 2.83. The first-order valence-electron chi connectivity index (χ1n) is 6.89. The van der Waals surface area contributed by atoms with Crippen LogP contribution >= 0.6 is 0 Å². The molecule has 0 aromatic rings. The maximum absolute atomic E-state index is 8.59. The summed E-state index contributed by atoms with van der Waals surface area (Å²) in [6.07, 6.45) is 11.9. The summed E-state index contributed by atoms with van der Waals surface area (Å²) in [7, 11) is 0. The lowest BCUT2D eigenvalue weighted by molar-refractivity contribution is 0.125. The summed E-state index contributed by atoms with van der Waals surface area (Å²) in [5, 5.41) is 8.59. The van der Waals surface area contributed by atoms with Crippen LogP contribution in [-0.2, 0) is 4.74 Å². The summed E-state index contributed by atoms with van der Waals surface area (Å²) >= 11 is 0. The van der Waals surface area contributed by atoms with E-state index in [1.807, 2.05) is 0 Å². The second-order valence-electron chi connectivity index (χ2n) is 4.37. The highest BCUT2D eigenvalue weighted by molar-refractivity contribution is 4.46. The van der Waals surface area contributed by atoms with E-state index in [2.05, 4.69) is 6.92 Å². The van der Waals surface area contributed by atoms with Crippen LogP contribution in [0, 0.1) is 6.92 Å². The predicted octanol–water partition coefficient (Wildman–Crippen LogP) is 3.73. The number of rotatable bonds is 13. The van der Waals surface area contributed by atoms with Gasteiger partial charge in [0.15, 0.2) is 0 Å². The van der Waals surface area contributed by atoms with Gasteiger partial charge in [0.05, 0.1) is 0 Å². The molecule has 0 aliphatic rings. The van der Waals surface area contributed by atoms with E-state index in [-0.39, 0.29) is 0 Å². The molecule has 0 aliphatic carbocycles. The van der Waals surface area contributed by atoms with Crippen LogP contribution in [0.15, 0.2) is 0 Å². The zero-order valence-corrected chi connectivity index (χ0v) is 10.8. The highest BCUT2D eigenvalue weighted by Gasteiger charge is 1.92. The van der Waals surface area contributed by atoms with Gasteiger partial charge >= 0.3 is 0 Å². The van der Waals surface area contributed by atoms with E-state index in [0.29, 0.717) is 6.61 Å². The number of unbranched alkanes of at least 4 members (excludes halogenated alkanes) is 8. The molecule has 0 unspecified atom stereocenters. The van der Waals surface area contributed by atoms with E-state index in [9.17, 15) is 0 Å². The van der Waals surface area contributed by atoms with Crippen LogP contribution in [0.4, 0.5) is 0 Å². The Hall–Kier alpha value is -0.0800. The first kappa shape index (κ1) is 15.9. The molecular formula is C14H29O2. The van der Waals surface area contributed by atoms with E-state index in [1.54, 1.807) is 0 Å². The van der Waals surface area contributed by atoms with Gasteiger partial charge in [0, 0.05) is 19.8 Å². The molecule has 0 atom stereocenters. The predicted molar refractivity (Wildman–Crippen MR) is 69.4 cm³/mol. The number of aliphatic hydroxyl groups is 1. The lowest BCUT2D eigenvalue weighted by Gasteiger charge is -2.04. The van der Waals surface area contributed by atoms with Crippen molar-refractivity contribution < 1.29 is 9.84 Å². The van der Waals surface area contributed by atoms with E-state index >= 15 is 0 Å². The lowest BCUT2D eigenvalue weighted by atomic mass is 10.1. The van der Waals surface area contributed by atoms with Crippen LogP contribution < -0.4 is 0 Å². The van der Waals surface area contributed by atoms with Gasteiger partial charge in [-0.2, -0.15) is 0 Å².